The Labute approximate surface area is 212 Å². The Bertz CT molecular complexity index is 1050. The summed E-state index contributed by atoms with van der Waals surface area (Å²) in [6, 6.07) is 14.5. The molecule has 0 aliphatic carbocycles. The van der Waals surface area contributed by atoms with Crippen molar-refractivity contribution in [3.8, 4) is 0 Å². The maximum atomic E-state index is 13.6. The van der Waals surface area contributed by atoms with Crippen molar-refractivity contribution in [3.05, 3.63) is 65.2 Å². The van der Waals surface area contributed by atoms with E-state index in [4.69, 9.17) is 4.74 Å². The lowest BCUT2D eigenvalue weighted by Gasteiger charge is -2.48. The Morgan fingerprint density at radius 3 is 2.33 bits per heavy atom. The van der Waals surface area contributed by atoms with Crippen LogP contribution in [-0.2, 0) is 10.9 Å². The second-order valence-corrected chi connectivity index (χ2v) is 12.2. The number of nitrogens with one attached hydrogen (secondary N) is 3. The van der Waals surface area contributed by atoms with Gasteiger partial charge in [0.05, 0.1) is 23.8 Å². The number of piperidine rings is 1. The zero-order valence-electron chi connectivity index (χ0n) is 21.6. The largest absolute Gasteiger partial charge is 0.416 e. The Balaban J connectivity index is 1.37. The van der Waals surface area contributed by atoms with Crippen LogP contribution in [0.2, 0.25) is 0 Å². The van der Waals surface area contributed by atoms with Crippen LogP contribution in [0.1, 0.15) is 82.2 Å². The molecule has 0 spiro atoms. The molecule has 0 unspecified atom stereocenters. The van der Waals surface area contributed by atoms with Gasteiger partial charge in [-0.1, -0.05) is 30.3 Å². The highest BCUT2D eigenvalue weighted by Crippen LogP contribution is 2.51. The molecule has 3 heterocycles. The van der Waals surface area contributed by atoms with E-state index in [1.165, 1.54) is 6.07 Å². The van der Waals surface area contributed by atoms with E-state index in [-0.39, 0.29) is 35.2 Å². The molecular weight excluding hydrogens is 463 g/mol. The van der Waals surface area contributed by atoms with Crippen LogP contribution >= 0.6 is 0 Å². The molecule has 5 rings (SSSR count). The van der Waals surface area contributed by atoms with Crippen molar-refractivity contribution in [2.75, 3.05) is 11.9 Å². The van der Waals surface area contributed by atoms with E-state index >= 15 is 0 Å². The highest BCUT2D eigenvalue weighted by atomic mass is 19.4. The molecule has 0 aromatic heterocycles. The molecule has 2 saturated heterocycles. The Hall–Kier alpha value is -2.09. The average Bonchev–Trinajstić information content (AvgIpc) is 2.80. The molecule has 36 heavy (non-hydrogen) atoms. The fraction of sp³-hybridized carbons (Fsp3) is 0.586. The van der Waals surface area contributed by atoms with Gasteiger partial charge in [0, 0.05) is 40.8 Å². The lowest BCUT2D eigenvalue weighted by Crippen LogP contribution is -2.62. The van der Waals surface area contributed by atoms with Gasteiger partial charge in [0.15, 0.2) is 0 Å². The summed E-state index contributed by atoms with van der Waals surface area (Å²) in [5, 5.41) is 11.0. The zero-order valence-corrected chi connectivity index (χ0v) is 21.6. The Morgan fingerprint density at radius 2 is 1.67 bits per heavy atom. The van der Waals surface area contributed by atoms with Crippen LogP contribution in [0, 0.1) is 5.92 Å². The third-order valence-corrected chi connectivity index (χ3v) is 7.96. The van der Waals surface area contributed by atoms with E-state index in [9.17, 15) is 13.2 Å². The molecule has 2 aromatic rings. The number of anilines is 1. The summed E-state index contributed by atoms with van der Waals surface area (Å²) in [6.45, 7) is 9.64. The van der Waals surface area contributed by atoms with Crippen molar-refractivity contribution in [1.29, 1.82) is 0 Å². The van der Waals surface area contributed by atoms with Gasteiger partial charge < -0.3 is 20.7 Å². The number of hydrogen-bond acceptors (Lipinski definition) is 4. The Kier molecular flexibility index (Phi) is 6.63. The van der Waals surface area contributed by atoms with Crippen molar-refractivity contribution in [3.63, 3.8) is 0 Å². The normalized spacial score (nSPS) is 29.6. The van der Waals surface area contributed by atoms with Gasteiger partial charge in [-0.2, -0.15) is 13.2 Å². The lowest BCUT2D eigenvalue weighted by atomic mass is 9.76. The molecule has 3 aliphatic rings. The standard InChI is InChI=1S/C29H38F3N3O/c1-27(2)15-20(16-28(3,4)35-27)33-17-21-11-12-22-25(18-8-6-5-7-9-18)34-24-13-10-19(29(30,31)32)14-23(24)26(22)36-21/h5-10,13-14,20-22,25-26,33-35H,11-12,15-17H2,1-4H3/t21-,22+,25+,26+/m1/s1. The first-order chi connectivity index (χ1) is 16.9. The molecular formula is C29H38F3N3O. The molecule has 4 atom stereocenters. The molecule has 0 bridgehead atoms. The summed E-state index contributed by atoms with van der Waals surface area (Å²) in [6.07, 6.45) is -0.988. The van der Waals surface area contributed by atoms with Crippen molar-refractivity contribution < 1.29 is 17.9 Å². The molecule has 2 fully saturated rings. The van der Waals surface area contributed by atoms with E-state index in [0.29, 0.717) is 18.2 Å². The van der Waals surface area contributed by atoms with Gasteiger partial charge >= 0.3 is 6.18 Å². The molecule has 3 N–H and O–H groups in total. The first-order valence-corrected chi connectivity index (χ1v) is 13.1. The number of hydrogen-bond donors (Lipinski definition) is 3. The number of rotatable bonds is 4. The minimum Gasteiger partial charge on any atom is -0.378 e. The summed E-state index contributed by atoms with van der Waals surface area (Å²) in [7, 11) is 0. The molecule has 2 aromatic carbocycles. The number of ether oxygens (including phenoxy) is 1. The molecule has 3 aliphatic heterocycles. The molecule has 196 valence electrons. The van der Waals surface area contributed by atoms with E-state index in [2.05, 4.69) is 55.8 Å². The smallest absolute Gasteiger partial charge is 0.378 e. The van der Waals surface area contributed by atoms with Gasteiger partial charge in [-0.25, -0.2) is 0 Å². The van der Waals surface area contributed by atoms with Crippen LogP contribution in [0.3, 0.4) is 0 Å². The third-order valence-electron chi connectivity index (χ3n) is 7.96. The first-order valence-electron chi connectivity index (χ1n) is 13.1. The molecule has 4 nitrogen and oxygen atoms in total. The van der Waals surface area contributed by atoms with E-state index in [0.717, 1.165) is 43.0 Å². The monoisotopic (exact) mass is 501 g/mol. The zero-order chi connectivity index (χ0) is 25.7. The first kappa shape index (κ1) is 25.6. The lowest BCUT2D eigenvalue weighted by molar-refractivity contribution is -0.138. The van der Waals surface area contributed by atoms with E-state index in [1.807, 2.05) is 18.2 Å². The predicted molar refractivity (Wildman–Crippen MR) is 137 cm³/mol. The van der Waals surface area contributed by atoms with Crippen molar-refractivity contribution in [2.45, 2.75) is 94.9 Å². The van der Waals surface area contributed by atoms with Gasteiger partial charge in [-0.3, -0.25) is 0 Å². The van der Waals surface area contributed by atoms with Crippen LogP contribution < -0.4 is 16.0 Å². The van der Waals surface area contributed by atoms with Gasteiger partial charge in [-0.05, 0) is 77.1 Å². The van der Waals surface area contributed by atoms with Crippen LogP contribution in [-0.4, -0.2) is 29.8 Å². The van der Waals surface area contributed by atoms with Crippen molar-refractivity contribution in [2.24, 2.45) is 5.92 Å². The minimum absolute atomic E-state index is 0.000336. The maximum absolute atomic E-state index is 13.6. The van der Waals surface area contributed by atoms with E-state index in [1.54, 1.807) is 6.07 Å². The summed E-state index contributed by atoms with van der Waals surface area (Å²) >= 11 is 0. The van der Waals surface area contributed by atoms with Crippen LogP contribution in [0.4, 0.5) is 18.9 Å². The van der Waals surface area contributed by atoms with Crippen LogP contribution in [0.15, 0.2) is 48.5 Å². The highest BCUT2D eigenvalue weighted by Gasteiger charge is 2.44. The molecule has 7 heteroatoms. The van der Waals surface area contributed by atoms with Gasteiger partial charge in [0.2, 0.25) is 0 Å². The predicted octanol–water partition coefficient (Wildman–Crippen LogP) is 6.61. The summed E-state index contributed by atoms with van der Waals surface area (Å²) in [4.78, 5) is 0. The molecule has 0 amide bonds. The highest BCUT2D eigenvalue weighted by molar-refractivity contribution is 5.58. The maximum Gasteiger partial charge on any atom is 0.416 e. The number of benzene rings is 2. The number of fused-ring (bicyclic) bond motifs is 3. The van der Waals surface area contributed by atoms with E-state index < -0.39 is 11.7 Å². The minimum atomic E-state index is -4.38. The second kappa shape index (κ2) is 9.34. The SMILES string of the molecule is CC1(C)CC(NC[C@H]2CC[C@@H]3[C@H](O2)c2cc(C(F)(F)F)ccc2N[C@H]3c2ccccc2)CC(C)(C)N1. The summed E-state index contributed by atoms with van der Waals surface area (Å²) in [5.41, 5.74) is 1.95. The molecule has 0 saturated carbocycles. The topological polar surface area (TPSA) is 45.3 Å². The van der Waals surface area contributed by atoms with Gasteiger partial charge in [0.25, 0.3) is 0 Å². The quantitative estimate of drug-likeness (QED) is 0.441. The third kappa shape index (κ3) is 5.43. The van der Waals surface area contributed by atoms with Crippen molar-refractivity contribution >= 4 is 5.69 Å². The number of halogens is 3. The summed E-state index contributed by atoms with van der Waals surface area (Å²) < 4.78 is 47.4. The van der Waals surface area contributed by atoms with Gasteiger partial charge in [-0.15, -0.1) is 0 Å². The fourth-order valence-electron chi connectivity index (χ4n) is 6.84. The average molecular weight is 502 g/mol. The van der Waals surface area contributed by atoms with Crippen LogP contribution in [0.25, 0.3) is 0 Å². The van der Waals surface area contributed by atoms with Crippen molar-refractivity contribution in [1.82, 2.24) is 10.6 Å². The second-order valence-electron chi connectivity index (χ2n) is 12.2. The van der Waals surface area contributed by atoms with Gasteiger partial charge in [0.1, 0.15) is 0 Å². The summed E-state index contributed by atoms with van der Waals surface area (Å²) in [5.74, 6) is 0.0661. The van der Waals surface area contributed by atoms with Crippen LogP contribution in [0.5, 0.6) is 0 Å². The fourth-order valence-corrected chi connectivity index (χ4v) is 6.84. The number of alkyl halides is 3. The Morgan fingerprint density at radius 1 is 0.972 bits per heavy atom. The molecule has 0 radical (unpaired) electrons.